The highest BCUT2D eigenvalue weighted by molar-refractivity contribution is 5.75. The summed E-state index contributed by atoms with van der Waals surface area (Å²) in [6, 6.07) is 11.8. The van der Waals surface area contributed by atoms with Crippen molar-refractivity contribution in [2.45, 2.75) is 12.8 Å². The van der Waals surface area contributed by atoms with Crippen molar-refractivity contribution >= 4 is 0 Å². The van der Waals surface area contributed by atoms with Crippen LogP contribution in [0, 0.1) is 0 Å². The van der Waals surface area contributed by atoms with Crippen LogP contribution in [0.3, 0.4) is 0 Å². The fraction of sp³-hybridized carbons (Fsp3) is 0.154. The molecule has 0 spiro atoms. The van der Waals surface area contributed by atoms with Crippen LogP contribution < -0.4 is 5.56 Å². The second kappa shape index (κ2) is 2.83. The number of benzene rings is 1. The second-order valence-corrected chi connectivity index (χ2v) is 3.96. The Kier molecular flexibility index (Phi) is 1.60. The fourth-order valence-corrected chi connectivity index (χ4v) is 2.34. The van der Waals surface area contributed by atoms with Crippen molar-refractivity contribution in [1.29, 1.82) is 0 Å². The molecule has 1 N–H and O–H groups in total. The van der Waals surface area contributed by atoms with Gasteiger partial charge in [0.25, 0.3) is 0 Å². The molecular formula is C13H11NO. The summed E-state index contributed by atoms with van der Waals surface area (Å²) < 4.78 is 0. The molecule has 0 aliphatic heterocycles. The van der Waals surface area contributed by atoms with Gasteiger partial charge in [-0.2, -0.15) is 0 Å². The largest absolute Gasteiger partial charge is 0.322 e. The molecule has 1 atom stereocenters. The number of fused-ring (bicyclic) bond motifs is 3. The zero-order valence-corrected chi connectivity index (χ0v) is 8.45. The number of aromatic amines is 1. The maximum atomic E-state index is 11.3. The Bertz CT molecular complexity index is 583. The van der Waals surface area contributed by atoms with Crippen molar-refractivity contribution in [1.82, 2.24) is 4.98 Å². The first kappa shape index (κ1) is 8.48. The summed E-state index contributed by atoms with van der Waals surface area (Å²) in [6.45, 7) is 2.17. The minimum Gasteiger partial charge on any atom is -0.322 e. The summed E-state index contributed by atoms with van der Waals surface area (Å²) in [5.74, 6) is 0.382. The van der Waals surface area contributed by atoms with Gasteiger partial charge in [-0.05, 0) is 11.1 Å². The number of pyridine rings is 1. The molecule has 3 rings (SSSR count). The quantitative estimate of drug-likeness (QED) is 0.691. The van der Waals surface area contributed by atoms with Crippen molar-refractivity contribution in [2.75, 3.05) is 0 Å². The van der Waals surface area contributed by atoms with Gasteiger partial charge in [0.1, 0.15) is 0 Å². The minimum absolute atomic E-state index is 0.0300. The first-order valence-corrected chi connectivity index (χ1v) is 5.10. The summed E-state index contributed by atoms with van der Waals surface area (Å²) in [4.78, 5) is 14.2. The van der Waals surface area contributed by atoms with Crippen LogP contribution in [0.15, 0.2) is 41.2 Å². The van der Waals surface area contributed by atoms with E-state index in [0.29, 0.717) is 5.92 Å². The highest BCUT2D eigenvalue weighted by Crippen LogP contribution is 2.42. The lowest BCUT2D eigenvalue weighted by Crippen LogP contribution is -2.05. The number of rotatable bonds is 0. The van der Waals surface area contributed by atoms with Gasteiger partial charge in [0, 0.05) is 17.5 Å². The topological polar surface area (TPSA) is 32.9 Å². The molecule has 1 aromatic carbocycles. The van der Waals surface area contributed by atoms with Gasteiger partial charge in [-0.25, -0.2) is 0 Å². The van der Waals surface area contributed by atoms with E-state index in [2.05, 4.69) is 24.0 Å². The van der Waals surface area contributed by atoms with Crippen molar-refractivity contribution in [2.24, 2.45) is 0 Å². The molecule has 0 saturated carbocycles. The molecule has 0 radical (unpaired) electrons. The van der Waals surface area contributed by atoms with Crippen molar-refractivity contribution in [3.8, 4) is 11.3 Å². The van der Waals surface area contributed by atoms with Crippen LogP contribution in [0.1, 0.15) is 24.0 Å². The number of nitrogens with one attached hydrogen (secondary N) is 1. The molecule has 2 aromatic rings. The van der Waals surface area contributed by atoms with Gasteiger partial charge in [-0.15, -0.1) is 0 Å². The zero-order chi connectivity index (χ0) is 10.4. The number of aromatic nitrogens is 1. The molecule has 15 heavy (non-hydrogen) atoms. The Morgan fingerprint density at radius 2 is 1.87 bits per heavy atom. The van der Waals surface area contributed by atoms with E-state index < -0.39 is 0 Å². The van der Waals surface area contributed by atoms with E-state index >= 15 is 0 Å². The van der Waals surface area contributed by atoms with E-state index in [0.717, 1.165) is 11.3 Å². The molecular weight excluding hydrogens is 186 g/mol. The predicted molar refractivity (Wildman–Crippen MR) is 60.0 cm³/mol. The molecule has 0 bridgehead atoms. The Morgan fingerprint density at radius 3 is 2.73 bits per heavy atom. The average Bonchev–Trinajstić information content (AvgIpc) is 2.54. The molecule has 1 heterocycles. The molecule has 2 heteroatoms. The first-order chi connectivity index (χ1) is 7.27. The summed E-state index contributed by atoms with van der Waals surface area (Å²) in [7, 11) is 0. The highest BCUT2D eigenvalue weighted by atomic mass is 16.1. The lowest BCUT2D eigenvalue weighted by molar-refractivity contribution is 0.950. The lowest BCUT2D eigenvalue weighted by Gasteiger charge is -2.04. The van der Waals surface area contributed by atoms with Crippen LogP contribution >= 0.6 is 0 Å². The van der Waals surface area contributed by atoms with Crippen LogP contribution in [0.25, 0.3) is 11.3 Å². The van der Waals surface area contributed by atoms with E-state index in [9.17, 15) is 4.79 Å². The molecule has 2 nitrogen and oxygen atoms in total. The summed E-state index contributed by atoms with van der Waals surface area (Å²) >= 11 is 0. The van der Waals surface area contributed by atoms with Gasteiger partial charge in [0.15, 0.2) is 0 Å². The zero-order valence-electron chi connectivity index (χ0n) is 8.45. The summed E-state index contributed by atoms with van der Waals surface area (Å²) in [5.41, 5.74) is 4.64. The smallest absolute Gasteiger partial charge is 0.248 e. The lowest BCUT2D eigenvalue weighted by atomic mass is 10.0. The van der Waals surface area contributed by atoms with E-state index in [1.54, 1.807) is 6.07 Å². The van der Waals surface area contributed by atoms with Crippen LogP contribution in [-0.2, 0) is 0 Å². The maximum absolute atomic E-state index is 11.3. The summed E-state index contributed by atoms with van der Waals surface area (Å²) in [6.07, 6.45) is 0. The maximum Gasteiger partial charge on any atom is 0.248 e. The molecule has 0 saturated heterocycles. The second-order valence-electron chi connectivity index (χ2n) is 3.96. The average molecular weight is 197 g/mol. The Morgan fingerprint density at radius 1 is 1.07 bits per heavy atom. The minimum atomic E-state index is -0.0300. The van der Waals surface area contributed by atoms with Gasteiger partial charge in [0.05, 0.1) is 5.69 Å². The first-order valence-electron chi connectivity index (χ1n) is 5.10. The van der Waals surface area contributed by atoms with E-state index in [1.807, 2.05) is 18.2 Å². The SMILES string of the molecule is CC1c2ccccc2-c2[nH]c(=O)ccc21. The van der Waals surface area contributed by atoms with E-state index in [-0.39, 0.29) is 5.56 Å². The Balaban J connectivity index is 2.39. The predicted octanol–water partition coefficient (Wildman–Crippen LogP) is 2.51. The summed E-state index contributed by atoms with van der Waals surface area (Å²) in [5, 5.41) is 0. The van der Waals surface area contributed by atoms with Crippen LogP contribution in [0.4, 0.5) is 0 Å². The van der Waals surface area contributed by atoms with Crippen LogP contribution in [0.2, 0.25) is 0 Å². The molecule has 0 fully saturated rings. The van der Waals surface area contributed by atoms with Gasteiger partial charge < -0.3 is 4.98 Å². The third kappa shape index (κ3) is 1.08. The van der Waals surface area contributed by atoms with Gasteiger partial charge >= 0.3 is 0 Å². The number of hydrogen-bond acceptors (Lipinski definition) is 1. The standard InChI is InChI=1S/C13H11NO/c1-8-9-4-2-3-5-11(9)13-10(8)6-7-12(15)14-13/h2-8H,1H3,(H,14,15). The molecule has 1 aliphatic carbocycles. The number of H-pyrrole nitrogens is 1. The Hall–Kier alpha value is -1.83. The third-order valence-corrected chi connectivity index (χ3v) is 3.11. The highest BCUT2D eigenvalue weighted by Gasteiger charge is 2.25. The van der Waals surface area contributed by atoms with Gasteiger partial charge in [0.2, 0.25) is 5.56 Å². The molecule has 1 unspecified atom stereocenters. The van der Waals surface area contributed by atoms with E-state index in [1.165, 1.54) is 11.1 Å². The molecule has 74 valence electrons. The van der Waals surface area contributed by atoms with Crippen molar-refractivity contribution in [3.05, 3.63) is 57.9 Å². The molecule has 1 aliphatic rings. The van der Waals surface area contributed by atoms with E-state index in [4.69, 9.17) is 0 Å². The third-order valence-electron chi connectivity index (χ3n) is 3.11. The van der Waals surface area contributed by atoms with Crippen molar-refractivity contribution in [3.63, 3.8) is 0 Å². The van der Waals surface area contributed by atoms with Gasteiger partial charge in [-0.3, -0.25) is 4.79 Å². The molecule has 0 amide bonds. The molecule has 1 aromatic heterocycles. The Labute approximate surface area is 87.6 Å². The fourth-order valence-electron chi connectivity index (χ4n) is 2.34. The monoisotopic (exact) mass is 197 g/mol. The van der Waals surface area contributed by atoms with Crippen LogP contribution in [-0.4, -0.2) is 4.98 Å². The van der Waals surface area contributed by atoms with Crippen LogP contribution in [0.5, 0.6) is 0 Å². The van der Waals surface area contributed by atoms with Crippen molar-refractivity contribution < 1.29 is 0 Å². The van der Waals surface area contributed by atoms with Gasteiger partial charge in [-0.1, -0.05) is 37.3 Å². The normalized spacial score (nSPS) is 17.3. The number of hydrogen-bond donors (Lipinski definition) is 1.